The quantitative estimate of drug-likeness (QED) is 0.696. The first-order chi connectivity index (χ1) is 10.7. The van der Waals surface area contributed by atoms with Crippen LogP contribution in [-0.4, -0.2) is 18.4 Å². The summed E-state index contributed by atoms with van der Waals surface area (Å²) in [5, 5.41) is 4.15. The van der Waals surface area contributed by atoms with Gasteiger partial charge >= 0.3 is 0 Å². The second-order valence-corrected chi connectivity index (χ2v) is 4.83. The van der Waals surface area contributed by atoms with Crippen molar-refractivity contribution in [1.82, 2.24) is 5.43 Å². The molecular formula is C16H16N2O4. The fraction of sp³-hybridized carbons (Fsp3) is 0.250. The lowest BCUT2D eigenvalue weighted by Crippen LogP contribution is -2.19. The standard InChI is InChI=1S/C16H16N2O4/c1-3-12(13-6-4-10(2)22-13)17-18-16(19)11-5-7-14-15(8-11)21-9-20-14/h4-8H,3,9H2,1-2H3,(H,18,19)/b17-12-. The molecule has 1 aromatic heterocycles. The third-order valence-electron chi connectivity index (χ3n) is 3.29. The SMILES string of the molecule is CC/C(=N/NC(=O)c1ccc2c(c1)OCO2)c1ccc(C)o1. The number of ether oxygens (including phenoxy) is 2. The van der Waals surface area contributed by atoms with Crippen LogP contribution in [-0.2, 0) is 0 Å². The zero-order chi connectivity index (χ0) is 15.5. The van der Waals surface area contributed by atoms with Crippen LogP contribution in [0.4, 0.5) is 0 Å². The molecule has 1 aliphatic rings. The Kier molecular flexibility index (Phi) is 3.82. The van der Waals surface area contributed by atoms with Gasteiger partial charge in [0.1, 0.15) is 17.2 Å². The third kappa shape index (κ3) is 2.81. The van der Waals surface area contributed by atoms with E-state index in [2.05, 4.69) is 10.5 Å². The number of benzene rings is 1. The van der Waals surface area contributed by atoms with Crippen LogP contribution in [0.5, 0.6) is 11.5 Å². The van der Waals surface area contributed by atoms with Crippen molar-refractivity contribution < 1.29 is 18.7 Å². The van der Waals surface area contributed by atoms with Gasteiger partial charge in [-0.25, -0.2) is 5.43 Å². The summed E-state index contributed by atoms with van der Waals surface area (Å²) in [5.41, 5.74) is 3.68. The zero-order valence-electron chi connectivity index (χ0n) is 12.4. The number of carbonyl (C=O) groups is 1. The normalized spacial score (nSPS) is 13.3. The van der Waals surface area contributed by atoms with E-state index in [0.29, 0.717) is 35.0 Å². The van der Waals surface area contributed by atoms with Crippen LogP contribution < -0.4 is 14.9 Å². The number of amides is 1. The lowest BCUT2D eigenvalue weighted by atomic mass is 10.2. The minimum atomic E-state index is -0.312. The lowest BCUT2D eigenvalue weighted by molar-refractivity contribution is 0.0954. The number of fused-ring (bicyclic) bond motifs is 1. The highest BCUT2D eigenvalue weighted by atomic mass is 16.7. The number of nitrogens with one attached hydrogen (secondary N) is 1. The van der Waals surface area contributed by atoms with Crippen LogP contribution in [0, 0.1) is 6.92 Å². The first-order valence-electron chi connectivity index (χ1n) is 7.00. The van der Waals surface area contributed by atoms with Gasteiger partial charge in [-0.2, -0.15) is 5.10 Å². The Hall–Kier alpha value is -2.76. The number of hydrogen-bond acceptors (Lipinski definition) is 5. The molecule has 0 unspecified atom stereocenters. The molecule has 0 saturated carbocycles. The summed E-state index contributed by atoms with van der Waals surface area (Å²) in [6.07, 6.45) is 0.647. The zero-order valence-corrected chi connectivity index (χ0v) is 12.4. The van der Waals surface area contributed by atoms with Crippen molar-refractivity contribution in [2.24, 2.45) is 5.10 Å². The summed E-state index contributed by atoms with van der Waals surface area (Å²) in [4.78, 5) is 12.2. The van der Waals surface area contributed by atoms with Crippen molar-refractivity contribution in [2.45, 2.75) is 20.3 Å². The van der Waals surface area contributed by atoms with Gasteiger partial charge in [0.2, 0.25) is 6.79 Å². The van der Waals surface area contributed by atoms with Crippen LogP contribution in [0.15, 0.2) is 39.9 Å². The molecule has 6 heteroatoms. The summed E-state index contributed by atoms with van der Waals surface area (Å²) in [5.74, 6) is 2.35. The molecule has 1 amide bonds. The summed E-state index contributed by atoms with van der Waals surface area (Å²) >= 11 is 0. The van der Waals surface area contributed by atoms with Gasteiger partial charge in [0, 0.05) is 5.56 Å². The highest BCUT2D eigenvalue weighted by Gasteiger charge is 2.16. The Labute approximate surface area is 127 Å². The Bertz CT molecular complexity index is 733. The lowest BCUT2D eigenvalue weighted by Gasteiger charge is -2.04. The number of hydrogen-bond donors (Lipinski definition) is 1. The predicted octanol–water partition coefficient (Wildman–Crippen LogP) is 2.86. The fourth-order valence-corrected chi connectivity index (χ4v) is 2.12. The van der Waals surface area contributed by atoms with E-state index >= 15 is 0 Å². The smallest absolute Gasteiger partial charge is 0.271 e. The molecule has 0 atom stereocenters. The van der Waals surface area contributed by atoms with Gasteiger partial charge in [-0.1, -0.05) is 6.92 Å². The average molecular weight is 300 g/mol. The van der Waals surface area contributed by atoms with Crippen LogP contribution >= 0.6 is 0 Å². The number of hydrazone groups is 1. The summed E-state index contributed by atoms with van der Waals surface area (Å²) < 4.78 is 16.0. The number of rotatable bonds is 4. The first-order valence-corrected chi connectivity index (χ1v) is 7.00. The van der Waals surface area contributed by atoms with Gasteiger partial charge in [0.05, 0.1) is 0 Å². The average Bonchev–Trinajstić information content (AvgIpc) is 3.15. The molecule has 1 aromatic carbocycles. The minimum absolute atomic E-state index is 0.177. The number of carbonyl (C=O) groups excluding carboxylic acids is 1. The van der Waals surface area contributed by atoms with Gasteiger partial charge in [-0.15, -0.1) is 0 Å². The fourth-order valence-electron chi connectivity index (χ4n) is 2.12. The first kappa shape index (κ1) is 14.2. The maximum Gasteiger partial charge on any atom is 0.271 e. The van der Waals surface area contributed by atoms with E-state index in [1.165, 1.54) is 0 Å². The predicted molar refractivity (Wildman–Crippen MR) is 80.3 cm³/mol. The van der Waals surface area contributed by atoms with E-state index in [4.69, 9.17) is 13.9 Å². The molecule has 0 radical (unpaired) electrons. The molecule has 1 aliphatic heterocycles. The van der Waals surface area contributed by atoms with E-state index in [-0.39, 0.29) is 12.7 Å². The molecule has 22 heavy (non-hydrogen) atoms. The van der Waals surface area contributed by atoms with E-state index < -0.39 is 0 Å². The molecule has 114 valence electrons. The Morgan fingerprint density at radius 1 is 1.23 bits per heavy atom. The molecule has 0 aliphatic carbocycles. The summed E-state index contributed by atoms with van der Waals surface area (Å²) in [7, 11) is 0. The number of nitrogens with zero attached hydrogens (tertiary/aromatic N) is 1. The van der Waals surface area contributed by atoms with Gasteiger partial charge in [-0.3, -0.25) is 4.79 Å². The highest BCUT2D eigenvalue weighted by Crippen LogP contribution is 2.32. The van der Waals surface area contributed by atoms with Gasteiger partial charge in [-0.05, 0) is 43.7 Å². The van der Waals surface area contributed by atoms with Crippen LogP contribution in [0.25, 0.3) is 0 Å². The molecule has 0 bridgehead atoms. The highest BCUT2D eigenvalue weighted by molar-refractivity contribution is 6.00. The summed E-state index contributed by atoms with van der Waals surface area (Å²) in [6, 6.07) is 8.71. The van der Waals surface area contributed by atoms with Crippen LogP contribution in [0.2, 0.25) is 0 Å². The van der Waals surface area contributed by atoms with Gasteiger partial charge < -0.3 is 13.9 Å². The number of aryl methyl sites for hydroxylation is 1. The maximum atomic E-state index is 12.2. The van der Waals surface area contributed by atoms with E-state index in [1.54, 1.807) is 18.2 Å². The summed E-state index contributed by atoms with van der Waals surface area (Å²) in [6.45, 7) is 3.99. The monoisotopic (exact) mass is 300 g/mol. The van der Waals surface area contributed by atoms with E-state index in [1.807, 2.05) is 26.0 Å². The van der Waals surface area contributed by atoms with E-state index in [9.17, 15) is 4.79 Å². The molecule has 0 fully saturated rings. The van der Waals surface area contributed by atoms with Crippen molar-refractivity contribution in [3.05, 3.63) is 47.4 Å². The molecule has 0 spiro atoms. The molecule has 1 N–H and O–H groups in total. The Balaban J connectivity index is 1.74. The Morgan fingerprint density at radius 2 is 2.05 bits per heavy atom. The second-order valence-electron chi connectivity index (χ2n) is 4.83. The molecule has 2 aromatic rings. The molecule has 0 saturated heterocycles. The Morgan fingerprint density at radius 3 is 2.77 bits per heavy atom. The number of furan rings is 1. The van der Waals surface area contributed by atoms with Gasteiger partial charge in [0.25, 0.3) is 5.91 Å². The topological polar surface area (TPSA) is 73.1 Å². The van der Waals surface area contributed by atoms with Crippen molar-refractivity contribution >= 4 is 11.6 Å². The van der Waals surface area contributed by atoms with E-state index in [0.717, 1.165) is 5.76 Å². The largest absolute Gasteiger partial charge is 0.460 e. The van der Waals surface area contributed by atoms with Crippen molar-refractivity contribution in [2.75, 3.05) is 6.79 Å². The second kappa shape index (κ2) is 5.93. The molecule has 6 nitrogen and oxygen atoms in total. The van der Waals surface area contributed by atoms with Crippen LogP contribution in [0.3, 0.4) is 0 Å². The van der Waals surface area contributed by atoms with Gasteiger partial charge in [0.15, 0.2) is 11.5 Å². The molecule has 2 heterocycles. The van der Waals surface area contributed by atoms with Crippen molar-refractivity contribution in [1.29, 1.82) is 0 Å². The van der Waals surface area contributed by atoms with Crippen molar-refractivity contribution in [3.63, 3.8) is 0 Å². The maximum absolute atomic E-state index is 12.2. The third-order valence-corrected chi connectivity index (χ3v) is 3.29. The minimum Gasteiger partial charge on any atom is -0.460 e. The van der Waals surface area contributed by atoms with Crippen LogP contribution in [0.1, 0.15) is 35.2 Å². The molecule has 3 rings (SSSR count). The molecular weight excluding hydrogens is 284 g/mol. The van der Waals surface area contributed by atoms with Crippen molar-refractivity contribution in [3.8, 4) is 11.5 Å².